The van der Waals surface area contributed by atoms with Crippen molar-refractivity contribution in [3.05, 3.63) is 175 Å². The van der Waals surface area contributed by atoms with E-state index >= 15 is 0 Å². The quantitative estimate of drug-likeness (QED) is 0.179. The van der Waals surface area contributed by atoms with Crippen LogP contribution < -0.4 is 10.6 Å². The third-order valence-electron chi connectivity index (χ3n) is 9.55. The van der Waals surface area contributed by atoms with Gasteiger partial charge in [-0.2, -0.15) is 0 Å². The van der Waals surface area contributed by atoms with Crippen LogP contribution in [0.15, 0.2) is 165 Å². The van der Waals surface area contributed by atoms with Gasteiger partial charge in [-0.05, 0) is 49.4 Å². The Bertz CT molecular complexity index is 2790. The largest absolute Gasteiger partial charge is 0.309 e. The lowest BCUT2D eigenvalue weighted by Crippen LogP contribution is -2.28. The Hall–Kier alpha value is -6.85. The van der Waals surface area contributed by atoms with Gasteiger partial charge in [0, 0.05) is 43.8 Å². The average Bonchev–Trinajstić information content (AvgIpc) is 3.71. The van der Waals surface area contributed by atoms with E-state index in [-0.39, 0.29) is 0 Å². The molecule has 5 nitrogen and oxygen atoms in total. The molecule has 0 unspecified atom stereocenters. The van der Waals surface area contributed by atoms with E-state index in [1.807, 2.05) is 54.9 Å². The lowest BCUT2D eigenvalue weighted by molar-refractivity contribution is 0.981. The molecule has 0 fully saturated rings. The summed E-state index contributed by atoms with van der Waals surface area (Å²) in [5, 5.41) is 5.70. The number of pyridine rings is 1. The minimum Gasteiger partial charge on any atom is -0.309 e. The normalized spacial score (nSPS) is 12.3. The van der Waals surface area contributed by atoms with Gasteiger partial charge in [0.2, 0.25) is 0 Å². The molecule has 9 aromatic rings. The zero-order valence-corrected chi connectivity index (χ0v) is 28.1. The molecule has 0 aliphatic heterocycles. The summed E-state index contributed by atoms with van der Waals surface area (Å²) in [4.78, 5) is 15.2. The fourth-order valence-electron chi connectivity index (χ4n) is 7.32. The first-order chi connectivity index (χ1) is 25.2. The Morgan fingerprint density at radius 3 is 1.84 bits per heavy atom. The Kier molecular flexibility index (Phi) is 7.44. The van der Waals surface area contributed by atoms with Gasteiger partial charge in [-0.1, -0.05) is 122 Å². The summed E-state index contributed by atoms with van der Waals surface area (Å²) in [5.41, 5.74) is 10.1. The molecule has 4 aromatic heterocycles. The fourth-order valence-corrected chi connectivity index (χ4v) is 7.32. The molecule has 0 saturated carbocycles. The highest BCUT2D eigenvalue weighted by atomic mass is 15.1. The van der Waals surface area contributed by atoms with Gasteiger partial charge in [-0.3, -0.25) is 9.55 Å². The minimum absolute atomic E-state index is 0.729. The topological polar surface area (TPSA) is 48.5 Å². The van der Waals surface area contributed by atoms with Crippen LogP contribution in [-0.2, 0) is 0 Å². The van der Waals surface area contributed by atoms with Crippen LogP contribution in [0.1, 0.15) is 6.92 Å². The van der Waals surface area contributed by atoms with Crippen LogP contribution in [0.4, 0.5) is 0 Å². The van der Waals surface area contributed by atoms with Crippen molar-refractivity contribution in [3.63, 3.8) is 0 Å². The van der Waals surface area contributed by atoms with E-state index in [1.165, 1.54) is 16.3 Å². The van der Waals surface area contributed by atoms with Crippen LogP contribution in [0.2, 0.25) is 0 Å². The summed E-state index contributed by atoms with van der Waals surface area (Å²) in [7, 11) is 0. The average molecular weight is 656 g/mol. The molecule has 0 amide bonds. The zero-order chi connectivity index (χ0) is 34.3. The molecule has 0 N–H and O–H groups in total. The second-order valence-corrected chi connectivity index (χ2v) is 12.5. The number of nitrogens with zero attached hydrogens (tertiary/aromatic N) is 5. The van der Waals surface area contributed by atoms with Gasteiger partial charge in [0.15, 0.2) is 5.82 Å². The molecule has 51 heavy (non-hydrogen) atoms. The number of fused-ring (bicyclic) bond motifs is 5. The molecule has 0 atom stereocenters. The van der Waals surface area contributed by atoms with Crippen molar-refractivity contribution in [1.29, 1.82) is 0 Å². The summed E-state index contributed by atoms with van der Waals surface area (Å²) in [6.45, 7) is 6.19. The highest BCUT2D eigenvalue weighted by Gasteiger charge is 2.20. The molecule has 5 heteroatoms. The third kappa shape index (κ3) is 5.06. The van der Waals surface area contributed by atoms with E-state index in [9.17, 15) is 0 Å². The van der Waals surface area contributed by atoms with Gasteiger partial charge >= 0.3 is 0 Å². The first-order valence-electron chi connectivity index (χ1n) is 17.1. The Morgan fingerprint density at radius 2 is 1.22 bits per heavy atom. The zero-order valence-electron chi connectivity index (χ0n) is 28.1. The van der Waals surface area contributed by atoms with E-state index in [1.54, 1.807) is 0 Å². The lowest BCUT2D eigenvalue weighted by atomic mass is 10.0. The molecule has 0 spiro atoms. The van der Waals surface area contributed by atoms with Crippen molar-refractivity contribution in [3.8, 4) is 45.3 Å². The van der Waals surface area contributed by atoms with Gasteiger partial charge in [-0.25, -0.2) is 9.97 Å². The molecule has 0 aliphatic carbocycles. The van der Waals surface area contributed by atoms with Crippen LogP contribution in [0.25, 0.3) is 90.1 Å². The second-order valence-electron chi connectivity index (χ2n) is 12.5. The maximum absolute atomic E-state index is 5.08. The van der Waals surface area contributed by atoms with Gasteiger partial charge in [0.25, 0.3) is 0 Å². The van der Waals surface area contributed by atoms with E-state index in [0.717, 1.165) is 72.3 Å². The van der Waals surface area contributed by atoms with E-state index < -0.39 is 0 Å². The van der Waals surface area contributed by atoms with Gasteiger partial charge in [0.05, 0.1) is 51.4 Å². The van der Waals surface area contributed by atoms with Gasteiger partial charge < -0.3 is 4.57 Å². The molecule has 0 bridgehead atoms. The van der Waals surface area contributed by atoms with Crippen molar-refractivity contribution < 1.29 is 0 Å². The highest BCUT2D eigenvalue weighted by Crippen LogP contribution is 2.36. The molecular weight excluding hydrogens is 623 g/mol. The number of aromatic nitrogens is 5. The molecular formula is C46H33N5. The van der Waals surface area contributed by atoms with E-state index in [4.69, 9.17) is 15.0 Å². The Balaban J connectivity index is 1.27. The highest BCUT2D eigenvalue weighted by molar-refractivity contribution is 6.18. The monoisotopic (exact) mass is 655 g/mol. The Morgan fingerprint density at radius 1 is 0.569 bits per heavy atom. The summed E-state index contributed by atoms with van der Waals surface area (Å²) in [6, 6.07) is 48.4. The number of allylic oxidation sites excluding steroid dienone is 1. The predicted octanol–water partition coefficient (Wildman–Crippen LogP) is 9.68. The molecule has 5 aromatic carbocycles. The van der Waals surface area contributed by atoms with Crippen LogP contribution >= 0.6 is 0 Å². The Labute approximate surface area is 295 Å². The molecule has 0 aliphatic rings. The first-order valence-corrected chi connectivity index (χ1v) is 17.1. The van der Waals surface area contributed by atoms with Gasteiger partial charge in [-0.15, -0.1) is 0 Å². The molecule has 9 rings (SSSR count). The van der Waals surface area contributed by atoms with E-state index in [2.05, 4.69) is 138 Å². The lowest BCUT2D eigenvalue weighted by Gasteiger charge is -2.11. The number of hydrogen-bond acceptors (Lipinski definition) is 3. The third-order valence-corrected chi connectivity index (χ3v) is 9.55. The predicted molar refractivity (Wildman–Crippen MR) is 211 cm³/mol. The SMILES string of the molecule is C=C/C=c1\c(=C/C)c2c(ccc3c4ccccc4n(-c4ccccc4)c32)n1-c1cnc(-c2cc(-c3ccccc3)nc(-c3ccccc3)c2)cn1. The molecule has 242 valence electrons. The summed E-state index contributed by atoms with van der Waals surface area (Å²) >= 11 is 0. The second kappa shape index (κ2) is 12.6. The smallest absolute Gasteiger partial charge is 0.156 e. The molecule has 0 saturated heterocycles. The number of rotatable bonds is 6. The van der Waals surface area contributed by atoms with E-state index in [0.29, 0.717) is 0 Å². The van der Waals surface area contributed by atoms with Crippen molar-refractivity contribution in [2.75, 3.05) is 0 Å². The van der Waals surface area contributed by atoms with Crippen molar-refractivity contribution in [2.45, 2.75) is 6.92 Å². The molecule has 4 heterocycles. The minimum atomic E-state index is 0.729. The van der Waals surface area contributed by atoms with Crippen LogP contribution in [0.3, 0.4) is 0 Å². The number of para-hydroxylation sites is 2. The first kappa shape index (κ1) is 30.2. The number of hydrogen-bond donors (Lipinski definition) is 0. The van der Waals surface area contributed by atoms with Crippen molar-refractivity contribution in [1.82, 2.24) is 24.1 Å². The van der Waals surface area contributed by atoms with Crippen LogP contribution in [0.5, 0.6) is 0 Å². The van der Waals surface area contributed by atoms with Crippen LogP contribution in [0, 0.1) is 0 Å². The van der Waals surface area contributed by atoms with Gasteiger partial charge in [0.1, 0.15) is 0 Å². The number of benzene rings is 5. The van der Waals surface area contributed by atoms with Crippen molar-refractivity contribution in [2.24, 2.45) is 0 Å². The van der Waals surface area contributed by atoms with Crippen LogP contribution in [-0.4, -0.2) is 24.1 Å². The summed E-state index contributed by atoms with van der Waals surface area (Å²) in [6.07, 6.45) is 9.84. The standard InChI is InChI=1S/C46H33N5/c1-3-16-41-35(4-2)45-43(26-25-37-36-23-14-15-24-42(36)50(46(37)45)34-21-12-7-13-22-34)51(41)44-30-47-40(29-48-44)33-27-38(31-17-8-5-9-18-31)49-39(28-33)32-19-10-6-11-20-32/h3-30H,1H2,2H3/b35-4+,41-16+. The fraction of sp³-hybridized carbons (Fsp3) is 0.0217. The maximum Gasteiger partial charge on any atom is 0.156 e. The maximum atomic E-state index is 5.08. The molecule has 0 radical (unpaired) electrons. The summed E-state index contributed by atoms with van der Waals surface area (Å²) in [5.74, 6) is 0.729. The van der Waals surface area contributed by atoms with Crippen molar-refractivity contribution >= 4 is 44.9 Å². The summed E-state index contributed by atoms with van der Waals surface area (Å²) < 4.78 is 4.59.